The smallest absolute Gasteiger partial charge is 0.300 e. The molecule has 1 aromatic heterocycles. The van der Waals surface area contributed by atoms with Crippen LogP contribution in [0, 0.1) is 12.3 Å². The molecule has 2 aromatic carbocycles. The van der Waals surface area contributed by atoms with Crippen LogP contribution in [0.2, 0.25) is 0 Å². The number of carbonyl (C=O) groups is 1. The van der Waals surface area contributed by atoms with Crippen LogP contribution in [-0.4, -0.2) is 35.6 Å². The Hall–Kier alpha value is -3.82. The number of methoxy groups -OCH3 is 1. The molecule has 0 fully saturated rings. The third-order valence-electron chi connectivity index (χ3n) is 6.12. The first-order chi connectivity index (χ1) is 16.6. The van der Waals surface area contributed by atoms with Gasteiger partial charge >= 0.3 is 0 Å². The number of unbranched alkanes of at least 4 members (excludes halogenated alkanes) is 1. The third kappa shape index (κ3) is 5.05. The molecular weight excluding hydrogens is 424 g/mol. The van der Waals surface area contributed by atoms with Crippen molar-refractivity contribution in [3.05, 3.63) is 83.7 Å². The van der Waals surface area contributed by atoms with E-state index in [9.17, 15) is 4.79 Å². The number of rotatable bonds is 8. The largest absolute Gasteiger partial charge is 0.497 e. The molecule has 1 amide bonds. The van der Waals surface area contributed by atoms with E-state index in [1.807, 2.05) is 53.4 Å². The summed E-state index contributed by atoms with van der Waals surface area (Å²) in [6.45, 7) is 2.96. The van der Waals surface area contributed by atoms with Crippen molar-refractivity contribution >= 4 is 17.3 Å². The first kappa shape index (κ1) is 23.3. The van der Waals surface area contributed by atoms with Gasteiger partial charge in [-0.1, -0.05) is 31.5 Å². The molecule has 34 heavy (non-hydrogen) atoms. The van der Waals surface area contributed by atoms with E-state index >= 15 is 0 Å². The van der Waals surface area contributed by atoms with E-state index < -0.39 is 0 Å². The fourth-order valence-corrected chi connectivity index (χ4v) is 4.43. The lowest BCUT2D eigenvalue weighted by Gasteiger charge is -2.43. The van der Waals surface area contributed by atoms with E-state index in [0.29, 0.717) is 6.42 Å². The lowest BCUT2D eigenvalue weighted by atomic mass is 9.86. The zero-order valence-corrected chi connectivity index (χ0v) is 19.6. The van der Waals surface area contributed by atoms with Crippen molar-refractivity contribution in [3.63, 3.8) is 0 Å². The zero-order chi connectivity index (χ0) is 23.9. The molecule has 3 aromatic rings. The average molecular weight is 455 g/mol. The van der Waals surface area contributed by atoms with Gasteiger partial charge in [-0.05, 0) is 72.0 Å². The Morgan fingerprint density at radius 1 is 1.21 bits per heavy atom. The van der Waals surface area contributed by atoms with Crippen LogP contribution < -0.4 is 15.4 Å². The Morgan fingerprint density at radius 2 is 2.03 bits per heavy atom. The molecule has 0 bridgehead atoms. The summed E-state index contributed by atoms with van der Waals surface area (Å²) in [5.74, 6) is 2.84. The molecule has 0 spiro atoms. The Kier molecular flexibility index (Phi) is 7.46. The van der Waals surface area contributed by atoms with Gasteiger partial charge in [0.1, 0.15) is 5.75 Å². The lowest BCUT2D eigenvalue weighted by molar-refractivity contribution is -0.130. The third-order valence-corrected chi connectivity index (χ3v) is 6.12. The summed E-state index contributed by atoms with van der Waals surface area (Å²) < 4.78 is 5.48. The number of hydrogen-bond donors (Lipinski definition) is 2. The predicted octanol–water partition coefficient (Wildman–Crippen LogP) is 4.66. The first-order valence-corrected chi connectivity index (χ1v) is 11.6. The summed E-state index contributed by atoms with van der Waals surface area (Å²) in [4.78, 5) is 19.0. The first-order valence-electron chi connectivity index (χ1n) is 11.6. The average Bonchev–Trinajstić information content (AvgIpc) is 2.88. The van der Waals surface area contributed by atoms with Crippen molar-refractivity contribution in [2.45, 2.75) is 38.4 Å². The van der Waals surface area contributed by atoms with E-state index in [4.69, 9.17) is 11.2 Å². The Labute approximate surface area is 201 Å². The maximum atomic E-state index is 13.0. The molecule has 6 nitrogen and oxygen atoms in total. The zero-order valence-electron chi connectivity index (χ0n) is 19.6. The van der Waals surface area contributed by atoms with Gasteiger partial charge in [0.25, 0.3) is 5.91 Å². The molecule has 2 atom stereocenters. The molecule has 0 aliphatic carbocycles. The molecule has 2 N–H and O–H groups in total. The topological polar surface area (TPSA) is 66.5 Å². The molecule has 4 rings (SSSR count). The fourth-order valence-electron chi connectivity index (χ4n) is 4.43. The van der Waals surface area contributed by atoms with Crippen LogP contribution in [-0.2, 0) is 11.2 Å². The summed E-state index contributed by atoms with van der Waals surface area (Å²) in [6, 6.07) is 17.7. The monoisotopic (exact) mass is 454 g/mol. The summed E-state index contributed by atoms with van der Waals surface area (Å²) in [5.41, 5.74) is 5.06. The minimum Gasteiger partial charge on any atom is -0.497 e. The van der Waals surface area contributed by atoms with E-state index in [2.05, 4.69) is 34.5 Å². The number of ether oxygens (including phenoxy) is 1. The number of aromatic nitrogens is 1. The number of benzene rings is 2. The Bertz CT molecular complexity index is 1160. The molecule has 174 valence electrons. The van der Waals surface area contributed by atoms with E-state index in [1.165, 1.54) is 0 Å². The second-order valence-electron chi connectivity index (χ2n) is 8.34. The molecule has 2 heterocycles. The Balaban J connectivity index is 1.72. The molecule has 1 aliphatic rings. The van der Waals surface area contributed by atoms with Gasteiger partial charge in [0, 0.05) is 18.3 Å². The molecule has 0 unspecified atom stereocenters. The van der Waals surface area contributed by atoms with Crippen molar-refractivity contribution in [1.82, 2.24) is 15.2 Å². The fraction of sp³-hybridized carbons (Fsp3) is 0.286. The SMILES string of the molecule is C#CC(=O)N1[C@@H](c2ccc(Nc3cccnc3)cc2)c2ccc(OC)cc2C[C@@H]1NCCCC. The summed E-state index contributed by atoms with van der Waals surface area (Å²) >= 11 is 0. The van der Waals surface area contributed by atoms with E-state index in [-0.39, 0.29) is 18.1 Å². The minimum absolute atomic E-state index is 0.201. The van der Waals surface area contributed by atoms with Crippen molar-refractivity contribution in [1.29, 1.82) is 0 Å². The highest BCUT2D eigenvalue weighted by Crippen LogP contribution is 2.39. The number of amides is 1. The number of anilines is 2. The molecule has 0 saturated heterocycles. The highest BCUT2D eigenvalue weighted by molar-refractivity contribution is 5.94. The minimum atomic E-state index is -0.321. The second-order valence-corrected chi connectivity index (χ2v) is 8.34. The standard InChI is InChI=1S/C28H30N4O2/c1-4-6-16-30-26-18-21-17-24(34-3)13-14-25(21)28(32(26)27(33)5-2)20-9-11-22(12-10-20)31-23-8-7-15-29-19-23/h2,7-15,17,19,26,28,30-31H,4,6,16,18H2,1,3H3/t26-,28+/m1/s1. The number of nitrogens with zero attached hydrogens (tertiary/aromatic N) is 2. The van der Waals surface area contributed by atoms with E-state index in [0.717, 1.165) is 53.2 Å². The molecule has 0 radical (unpaired) electrons. The van der Waals surface area contributed by atoms with Gasteiger partial charge in [0.05, 0.1) is 31.2 Å². The van der Waals surface area contributed by atoms with Crippen LogP contribution in [0.25, 0.3) is 0 Å². The summed E-state index contributed by atoms with van der Waals surface area (Å²) in [6.07, 6.45) is 11.7. The molecule has 6 heteroatoms. The van der Waals surface area contributed by atoms with Crippen LogP contribution in [0.5, 0.6) is 5.75 Å². The second kappa shape index (κ2) is 10.9. The number of fused-ring (bicyclic) bond motifs is 1. The van der Waals surface area contributed by atoms with Crippen molar-refractivity contribution in [2.24, 2.45) is 0 Å². The molecular formula is C28H30N4O2. The predicted molar refractivity (Wildman–Crippen MR) is 135 cm³/mol. The van der Waals surface area contributed by atoms with Crippen molar-refractivity contribution in [3.8, 4) is 18.1 Å². The number of carbonyl (C=O) groups excluding carboxylic acids is 1. The van der Waals surface area contributed by atoms with Gasteiger partial charge in [-0.15, -0.1) is 6.42 Å². The van der Waals surface area contributed by atoms with Crippen LogP contribution in [0.1, 0.15) is 42.5 Å². The molecule has 0 saturated carbocycles. The lowest BCUT2D eigenvalue weighted by Crippen LogP contribution is -2.54. The Morgan fingerprint density at radius 3 is 2.71 bits per heavy atom. The van der Waals surface area contributed by atoms with Crippen LogP contribution in [0.4, 0.5) is 11.4 Å². The van der Waals surface area contributed by atoms with Crippen LogP contribution in [0.3, 0.4) is 0 Å². The highest BCUT2D eigenvalue weighted by Gasteiger charge is 2.37. The highest BCUT2D eigenvalue weighted by atomic mass is 16.5. The maximum Gasteiger partial charge on any atom is 0.300 e. The number of nitrogens with one attached hydrogen (secondary N) is 2. The van der Waals surface area contributed by atoms with E-state index in [1.54, 1.807) is 19.5 Å². The van der Waals surface area contributed by atoms with Gasteiger partial charge in [0.2, 0.25) is 0 Å². The number of hydrogen-bond acceptors (Lipinski definition) is 5. The van der Waals surface area contributed by atoms with Crippen LogP contribution >= 0.6 is 0 Å². The number of terminal acetylenes is 1. The quantitative estimate of drug-likeness (QED) is 0.383. The number of pyridine rings is 1. The van der Waals surface area contributed by atoms with Crippen molar-refractivity contribution < 1.29 is 9.53 Å². The summed E-state index contributed by atoms with van der Waals surface area (Å²) in [5, 5.41) is 6.91. The summed E-state index contributed by atoms with van der Waals surface area (Å²) in [7, 11) is 1.67. The van der Waals surface area contributed by atoms with Gasteiger partial charge in [-0.3, -0.25) is 15.1 Å². The van der Waals surface area contributed by atoms with Gasteiger partial charge in [0.15, 0.2) is 0 Å². The molecule has 1 aliphatic heterocycles. The van der Waals surface area contributed by atoms with Crippen LogP contribution in [0.15, 0.2) is 67.0 Å². The van der Waals surface area contributed by atoms with Crippen molar-refractivity contribution in [2.75, 3.05) is 19.0 Å². The van der Waals surface area contributed by atoms with Gasteiger partial charge in [-0.2, -0.15) is 0 Å². The van der Waals surface area contributed by atoms with Gasteiger partial charge in [-0.25, -0.2) is 0 Å². The normalized spacial score (nSPS) is 16.9. The maximum absolute atomic E-state index is 13.0. The van der Waals surface area contributed by atoms with Gasteiger partial charge < -0.3 is 15.0 Å².